The van der Waals surface area contributed by atoms with Crippen LogP contribution >= 0.6 is 0 Å². The van der Waals surface area contributed by atoms with E-state index in [1.807, 2.05) is 9.80 Å². The lowest BCUT2D eigenvalue weighted by Gasteiger charge is -2.31. The SMILES string of the molecule is CC(C)CN(C(=O)[C@H]1CC(=O)N(C2CCCC2)C1)C(C)C. The van der Waals surface area contributed by atoms with Gasteiger partial charge in [0.05, 0.1) is 5.92 Å². The standard InChI is InChI=1S/C17H30N2O2/c1-12(2)10-18(13(3)4)17(21)14-9-16(20)19(11-14)15-7-5-6-8-15/h12-15H,5-11H2,1-4H3/t14-/m0/s1. The highest BCUT2D eigenvalue weighted by atomic mass is 16.2. The van der Waals surface area contributed by atoms with Crippen molar-refractivity contribution in [1.82, 2.24) is 9.80 Å². The second-order valence-corrected chi connectivity index (χ2v) is 7.36. The predicted octanol–water partition coefficient (Wildman–Crippen LogP) is 2.67. The van der Waals surface area contributed by atoms with E-state index in [0.29, 0.717) is 24.9 Å². The molecule has 2 aliphatic rings. The van der Waals surface area contributed by atoms with E-state index >= 15 is 0 Å². The molecule has 0 bridgehead atoms. The van der Waals surface area contributed by atoms with E-state index in [1.165, 1.54) is 12.8 Å². The van der Waals surface area contributed by atoms with Gasteiger partial charge in [0.2, 0.25) is 11.8 Å². The summed E-state index contributed by atoms with van der Waals surface area (Å²) >= 11 is 0. The van der Waals surface area contributed by atoms with Gasteiger partial charge in [-0.3, -0.25) is 9.59 Å². The highest BCUT2D eigenvalue weighted by Crippen LogP contribution is 2.30. The topological polar surface area (TPSA) is 40.6 Å². The summed E-state index contributed by atoms with van der Waals surface area (Å²) in [6.07, 6.45) is 5.09. The molecule has 21 heavy (non-hydrogen) atoms. The number of likely N-dealkylation sites (tertiary alicyclic amines) is 1. The molecule has 1 saturated carbocycles. The van der Waals surface area contributed by atoms with Crippen molar-refractivity contribution in [1.29, 1.82) is 0 Å². The molecule has 2 rings (SSSR count). The molecule has 1 heterocycles. The summed E-state index contributed by atoms with van der Waals surface area (Å²) < 4.78 is 0. The van der Waals surface area contributed by atoms with Crippen LogP contribution in [-0.2, 0) is 9.59 Å². The summed E-state index contributed by atoms with van der Waals surface area (Å²) in [6.45, 7) is 9.81. The van der Waals surface area contributed by atoms with Crippen LogP contribution in [0.2, 0.25) is 0 Å². The zero-order valence-corrected chi connectivity index (χ0v) is 14.0. The molecule has 1 saturated heterocycles. The van der Waals surface area contributed by atoms with Gasteiger partial charge in [-0.25, -0.2) is 0 Å². The Balaban J connectivity index is 2.00. The number of carbonyl (C=O) groups is 2. The van der Waals surface area contributed by atoms with E-state index in [1.54, 1.807) is 0 Å². The molecule has 0 spiro atoms. The molecule has 0 aromatic rings. The van der Waals surface area contributed by atoms with E-state index in [2.05, 4.69) is 27.7 Å². The van der Waals surface area contributed by atoms with Crippen LogP contribution in [0.3, 0.4) is 0 Å². The fourth-order valence-electron chi connectivity index (χ4n) is 3.65. The largest absolute Gasteiger partial charge is 0.340 e. The first-order valence-corrected chi connectivity index (χ1v) is 8.50. The van der Waals surface area contributed by atoms with E-state index in [4.69, 9.17) is 0 Å². The maximum Gasteiger partial charge on any atom is 0.228 e. The minimum absolute atomic E-state index is 0.126. The zero-order valence-electron chi connectivity index (χ0n) is 14.0. The van der Waals surface area contributed by atoms with Crippen LogP contribution in [0.15, 0.2) is 0 Å². The Morgan fingerprint density at radius 3 is 2.38 bits per heavy atom. The van der Waals surface area contributed by atoms with Gasteiger partial charge in [-0.05, 0) is 32.6 Å². The number of carbonyl (C=O) groups excluding carboxylic acids is 2. The van der Waals surface area contributed by atoms with Gasteiger partial charge in [-0.2, -0.15) is 0 Å². The molecule has 4 heteroatoms. The van der Waals surface area contributed by atoms with Crippen molar-refractivity contribution in [3.8, 4) is 0 Å². The number of hydrogen-bond donors (Lipinski definition) is 0. The Morgan fingerprint density at radius 2 is 1.86 bits per heavy atom. The van der Waals surface area contributed by atoms with Crippen molar-refractivity contribution in [3.05, 3.63) is 0 Å². The minimum atomic E-state index is -0.126. The normalized spacial score (nSPS) is 23.6. The van der Waals surface area contributed by atoms with Crippen molar-refractivity contribution in [2.45, 2.75) is 71.9 Å². The van der Waals surface area contributed by atoms with Crippen molar-refractivity contribution < 1.29 is 9.59 Å². The Bertz CT molecular complexity index is 386. The van der Waals surface area contributed by atoms with Crippen LogP contribution in [0.5, 0.6) is 0 Å². The molecule has 1 atom stereocenters. The molecule has 4 nitrogen and oxygen atoms in total. The van der Waals surface area contributed by atoms with E-state index < -0.39 is 0 Å². The average Bonchev–Trinajstić information content (AvgIpc) is 3.03. The van der Waals surface area contributed by atoms with Crippen molar-refractivity contribution in [2.75, 3.05) is 13.1 Å². The van der Waals surface area contributed by atoms with Crippen LogP contribution in [0.4, 0.5) is 0 Å². The predicted molar refractivity (Wildman–Crippen MR) is 83.8 cm³/mol. The highest BCUT2D eigenvalue weighted by molar-refractivity contribution is 5.89. The number of rotatable bonds is 5. The summed E-state index contributed by atoms with van der Waals surface area (Å²) in [4.78, 5) is 29.0. The van der Waals surface area contributed by atoms with Crippen LogP contribution in [0.25, 0.3) is 0 Å². The summed E-state index contributed by atoms with van der Waals surface area (Å²) in [5.74, 6) is 0.694. The Hall–Kier alpha value is -1.06. The third kappa shape index (κ3) is 3.78. The second-order valence-electron chi connectivity index (χ2n) is 7.36. The maximum atomic E-state index is 12.8. The zero-order chi connectivity index (χ0) is 15.6. The van der Waals surface area contributed by atoms with Crippen LogP contribution in [0.1, 0.15) is 59.8 Å². The Morgan fingerprint density at radius 1 is 1.24 bits per heavy atom. The summed E-state index contributed by atoms with van der Waals surface area (Å²) in [7, 11) is 0. The molecule has 0 unspecified atom stereocenters. The van der Waals surface area contributed by atoms with Crippen LogP contribution < -0.4 is 0 Å². The molecule has 0 aromatic heterocycles. The van der Waals surface area contributed by atoms with Gasteiger partial charge in [-0.1, -0.05) is 26.7 Å². The minimum Gasteiger partial charge on any atom is -0.340 e. The average molecular weight is 294 g/mol. The van der Waals surface area contributed by atoms with E-state index in [-0.39, 0.29) is 23.8 Å². The molecule has 0 N–H and O–H groups in total. The van der Waals surface area contributed by atoms with Crippen molar-refractivity contribution >= 4 is 11.8 Å². The maximum absolute atomic E-state index is 12.8. The Kier molecular flexibility index (Phi) is 5.28. The lowest BCUT2D eigenvalue weighted by Crippen LogP contribution is -2.44. The van der Waals surface area contributed by atoms with Gasteiger partial charge in [0.1, 0.15) is 0 Å². The quantitative estimate of drug-likeness (QED) is 0.782. The molecular weight excluding hydrogens is 264 g/mol. The van der Waals surface area contributed by atoms with Gasteiger partial charge >= 0.3 is 0 Å². The number of amides is 2. The molecule has 0 radical (unpaired) electrons. The van der Waals surface area contributed by atoms with Gasteiger partial charge in [0.15, 0.2) is 0 Å². The third-order valence-electron chi connectivity index (χ3n) is 4.74. The second kappa shape index (κ2) is 6.80. The highest BCUT2D eigenvalue weighted by Gasteiger charge is 2.40. The van der Waals surface area contributed by atoms with Gasteiger partial charge in [0, 0.05) is 31.6 Å². The summed E-state index contributed by atoms with van der Waals surface area (Å²) in [5.41, 5.74) is 0. The van der Waals surface area contributed by atoms with Gasteiger partial charge in [-0.15, -0.1) is 0 Å². The smallest absolute Gasteiger partial charge is 0.228 e. The van der Waals surface area contributed by atoms with E-state index in [9.17, 15) is 9.59 Å². The first-order valence-electron chi connectivity index (χ1n) is 8.50. The number of hydrogen-bond acceptors (Lipinski definition) is 2. The van der Waals surface area contributed by atoms with Crippen LogP contribution in [0, 0.1) is 11.8 Å². The first kappa shape index (κ1) is 16.3. The third-order valence-corrected chi connectivity index (χ3v) is 4.74. The molecule has 120 valence electrons. The van der Waals surface area contributed by atoms with Crippen LogP contribution in [-0.4, -0.2) is 46.8 Å². The van der Waals surface area contributed by atoms with Crippen molar-refractivity contribution in [2.24, 2.45) is 11.8 Å². The summed E-state index contributed by atoms with van der Waals surface area (Å²) in [5, 5.41) is 0. The van der Waals surface area contributed by atoms with Crippen molar-refractivity contribution in [3.63, 3.8) is 0 Å². The molecule has 1 aliphatic carbocycles. The fraction of sp³-hybridized carbons (Fsp3) is 0.882. The molecule has 1 aliphatic heterocycles. The Labute approximate surface area is 128 Å². The monoisotopic (exact) mass is 294 g/mol. The molecule has 0 aromatic carbocycles. The molecule has 2 amide bonds. The lowest BCUT2D eigenvalue weighted by molar-refractivity contribution is -0.138. The molecular formula is C17H30N2O2. The van der Waals surface area contributed by atoms with E-state index in [0.717, 1.165) is 19.4 Å². The number of nitrogens with zero attached hydrogens (tertiary/aromatic N) is 2. The first-order chi connectivity index (χ1) is 9.90. The van der Waals surface area contributed by atoms with Gasteiger partial charge in [0.25, 0.3) is 0 Å². The fourth-order valence-corrected chi connectivity index (χ4v) is 3.65. The lowest BCUT2D eigenvalue weighted by atomic mass is 10.0. The van der Waals surface area contributed by atoms with Gasteiger partial charge < -0.3 is 9.80 Å². The summed E-state index contributed by atoms with van der Waals surface area (Å²) in [6, 6.07) is 0.600. The molecule has 2 fully saturated rings.